The Labute approximate surface area is 758 Å². The Balaban J connectivity index is 0.000000114. The highest BCUT2D eigenvalue weighted by atomic mass is 32.1. The molecule has 12 aliphatic rings. The molecule has 3 aliphatic carbocycles. The molecule has 3 spiro atoms. The minimum Gasteiger partial charge on any atom is -0.381 e. The normalized spacial score (nSPS) is 20.7. The molecule has 660 valence electrons. The van der Waals surface area contributed by atoms with Crippen LogP contribution in [0.15, 0.2) is 103 Å². The van der Waals surface area contributed by atoms with E-state index in [1.54, 1.807) is 0 Å². The summed E-state index contributed by atoms with van der Waals surface area (Å²) in [4.78, 5) is 88.9. The maximum atomic E-state index is 13.0. The number of thiazole rings is 3. The number of aromatic nitrogens is 12. The summed E-state index contributed by atoms with van der Waals surface area (Å²) >= 11 is 4.20. The van der Waals surface area contributed by atoms with Crippen LogP contribution in [0.3, 0.4) is 0 Å². The summed E-state index contributed by atoms with van der Waals surface area (Å²) in [6.07, 6.45) is 12.7. The molecule has 3 amide bonds. The maximum Gasteiger partial charge on any atom is 0.254 e. The first-order valence-electron chi connectivity index (χ1n) is 44.9. The van der Waals surface area contributed by atoms with Crippen LogP contribution in [0, 0.1) is 89.8 Å². The molecule has 3 aromatic carbocycles. The summed E-state index contributed by atoms with van der Waals surface area (Å²) in [6.45, 7) is 21.6. The van der Waals surface area contributed by atoms with E-state index in [2.05, 4.69) is 101 Å². The van der Waals surface area contributed by atoms with Gasteiger partial charge in [-0.15, -0.1) is 0 Å². The molecule has 24 rings (SSSR count). The highest BCUT2D eigenvalue weighted by Gasteiger charge is 2.58. The van der Waals surface area contributed by atoms with Crippen LogP contribution in [0.1, 0.15) is 119 Å². The number of ether oxygens (including phenoxy) is 3. The number of nitriles is 3. The van der Waals surface area contributed by atoms with E-state index in [1.807, 2.05) is 128 Å². The van der Waals surface area contributed by atoms with Crippen molar-refractivity contribution in [1.82, 2.24) is 73.9 Å². The second kappa shape index (κ2) is 31.9. The first-order valence-corrected chi connectivity index (χ1v) is 47.3. The zero-order valence-electron chi connectivity index (χ0n) is 73.4. The smallest absolute Gasteiger partial charge is 0.254 e. The maximum absolute atomic E-state index is 13.0. The summed E-state index contributed by atoms with van der Waals surface area (Å²) in [6, 6.07) is 39.1. The first-order chi connectivity index (χ1) is 62.5. The fourth-order valence-corrected chi connectivity index (χ4v) is 22.9. The van der Waals surface area contributed by atoms with Crippen molar-refractivity contribution in [3.05, 3.63) is 140 Å². The number of hydrogen-bond acceptors (Lipinski definition) is 28. The number of hydrogen-bond donors (Lipinski definition) is 1. The number of benzene rings is 3. The van der Waals surface area contributed by atoms with E-state index in [1.165, 1.54) is 45.1 Å². The monoisotopic (exact) mass is 1780 g/mol. The fourth-order valence-electron chi connectivity index (χ4n) is 20.4. The molecule has 18 heterocycles. The Hall–Kier alpha value is -12.1. The molecule has 3 saturated carbocycles. The molecule has 0 radical (unpaired) electrons. The minimum absolute atomic E-state index is 0.0378. The molecular formula is C95H100N24O7S3. The molecule has 12 aromatic rings. The van der Waals surface area contributed by atoms with Crippen molar-refractivity contribution in [2.24, 2.45) is 28.1 Å². The zero-order valence-corrected chi connectivity index (χ0v) is 75.8. The first kappa shape index (κ1) is 82.6. The Bertz CT molecular complexity index is 6560. The van der Waals surface area contributed by atoms with Crippen molar-refractivity contribution in [2.45, 2.75) is 116 Å². The number of aliphatic hydroxyl groups is 1. The van der Waals surface area contributed by atoms with Gasteiger partial charge in [-0.25, -0.2) is 43.9 Å². The number of nitrogens with zero attached hydrogens (tertiary/aromatic N) is 24. The largest absolute Gasteiger partial charge is 0.381 e. The van der Waals surface area contributed by atoms with Gasteiger partial charge >= 0.3 is 0 Å². The van der Waals surface area contributed by atoms with E-state index in [-0.39, 0.29) is 45.8 Å². The zero-order chi connectivity index (χ0) is 88.3. The predicted molar refractivity (Wildman–Crippen MR) is 494 cm³/mol. The molecule has 0 unspecified atom stereocenters. The standard InChI is InChI=1S/C32H34N8O3S.C32H34N8O2S.C31H32N8O2S/c1-20-3-5-21(6-4-20)26-25(14-33)44-30(35-26)37(2)28-24-13-23(15-34-27(24)36-40(28)22-7-8-22)38-16-31(17-38)18-39(19-31)29(41)32(42)9-11-43-12-10-32;1-19-4-6-21(7-5-19)27-26(13-33)43-31(35-27)37(3)29-24-12-25(20(2)34-28(24)36-40(29)23-8-9-23)38-15-32(16-38)17-39(18-32)30(41)22-10-11-42-14-22;1-19-3-5-20(6-4-19)26-25(12-32)42-30(34-26)36(2)28-24-11-23(13-33-27(24)35-39(28)22-7-8-22)37-15-31(16-37)17-38(18-31)29(40)21-9-10-41-14-21/h3-6,13,15,22,42H,7-12,16-19H2,1-2H3;4-7,12,22-23H,8-11,14-18H2,1-3H3;3-6,11,13,21-22H,7-10,14-18H2,1-2H3/t;22-;21-/m.00/s1. The molecule has 34 heteroatoms. The molecule has 129 heavy (non-hydrogen) atoms. The van der Waals surface area contributed by atoms with Crippen LogP contribution in [0.2, 0.25) is 0 Å². The average Bonchev–Trinajstić information content (AvgIpc) is 1.33. The van der Waals surface area contributed by atoms with Gasteiger partial charge in [-0.05, 0) is 97.3 Å². The van der Waals surface area contributed by atoms with Gasteiger partial charge in [0.05, 0.1) is 94.5 Å². The van der Waals surface area contributed by atoms with Crippen LogP contribution >= 0.6 is 34.0 Å². The van der Waals surface area contributed by atoms with Gasteiger partial charge in [-0.3, -0.25) is 14.4 Å². The summed E-state index contributed by atoms with van der Waals surface area (Å²) in [5.41, 5.74) is 13.9. The Morgan fingerprint density at radius 1 is 0.434 bits per heavy atom. The van der Waals surface area contributed by atoms with Crippen molar-refractivity contribution >= 4 is 135 Å². The van der Waals surface area contributed by atoms with E-state index in [0.717, 1.165) is 222 Å². The van der Waals surface area contributed by atoms with Gasteiger partial charge in [0.2, 0.25) is 11.8 Å². The number of carbonyl (C=O) groups is 3. The van der Waals surface area contributed by atoms with Crippen LogP contribution in [-0.2, 0) is 28.6 Å². The molecule has 2 atom stereocenters. The van der Waals surface area contributed by atoms with E-state index >= 15 is 0 Å². The van der Waals surface area contributed by atoms with E-state index in [4.69, 9.17) is 59.4 Å². The van der Waals surface area contributed by atoms with Crippen molar-refractivity contribution < 1.29 is 33.7 Å². The molecule has 9 aromatic heterocycles. The predicted octanol–water partition coefficient (Wildman–Crippen LogP) is 13.4. The number of aryl methyl sites for hydroxylation is 4. The van der Waals surface area contributed by atoms with Gasteiger partial charge in [0.25, 0.3) is 5.91 Å². The lowest BCUT2D eigenvalue weighted by Gasteiger charge is -2.61. The van der Waals surface area contributed by atoms with Crippen LogP contribution in [0.5, 0.6) is 0 Å². The molecule has 12 fully saturated rings. The summed E-state index contributed by atoms with van der Waals surface area (Å²) in [7, 11) is 6.02. The van der Waals surface area contributed by atoms with Gasteiger partial charge in [0.15, 0.2) is 32.3 Å². The van der Waals surface area contributed by atoms with Gasteiger partial charge in [-0.2, -0.15) is 31.1 Å². The van der Waals surface area contributed by atoms with Gasteiger partial charge in [-0.1, -0.05) is 123 Å². The number of fused-ring (bicyclic) bond motifs is 3. The Morgan fingerprint density at radius 2 is 0.783 bits per heavy atom. The lowest BCUT2D eigenvalue weighted by molar-refractivity contribution is -0.174. The second-order valence-electron chi connectivity index (χ2n) is 38.1. The average molecular weight is 1790 g/mol. The summed E-state index contributed by atoms with van der Waals surface area (Å²) < 4.78 is 22.5. The van der Waals surface area contributed by atoms with Crippen molar-refractivity contribution in [3.63, 3.8) is 0 Å². The van der Waals surface area contributed by atoms with E-state index in [0.29, 0.717) is 121 Å². The van der Waals surface area contributed by atoms with Gasteiger partial charge in [0, 0.05) is 172 Å². The number of anilines is 9. The molecule has 9 aliphatic heterocycles. The summed E-state index contributed by atoms with van der Waals surface area (Å²) in [5, 5.41) is 60.6. The highest BCUT2D eigenvalue weighted by molar-refractivity contribution is 7.17. The fraction of sp³-hybridized carbons (Fsp3) is 0.463. The highest BCUT2D eigenvalue weighted by Crippen LogP contribution is 2.53. The molecular weight excluding hydrogens is 1690 g/mol. The number of pyridine rings is 3. The van der Waals surface area contributed by atoms with Crippen molar-refractivity contribution in [2.75, 3.05) is 169 Å². The number of likely N-dealkylation sites (tertiary alicyclic amines) is 3. The van der Waals surface area contributed by atoms with E-state index < -0.39 is 5.60 Å². The van der Waals surface area contributed by atoms with Crippen LogP contribution in [-0.4, -0.2) is 242 Å². The number of rotatable bonds is 18. The van der Waals surface area contributed by atoms with Crippen molar-refractivity contribution in [1.29, 1.82) is 15.8 Å². The van der Waals surface area contributed by atoms with Crippen LogP contribution in [0.4, 0.5) is 49.9 Å². The quantitative estimate of drug-likeness (QED) is 0.0834. The molecule has 1 N–H and O–H groups in total. The topological polar surface area (TPSA) is 330 Å². The number of carbonyl (C=O) groups excluding carboxylic acids is 3. The Morgan fingerprint density at radius 3 is 1.13 bits per heavy atom. The molecule has 9 saturated heterocycles. The third kappa shape index (κ3) is 15.0. The minimum atomic E-state index is -1.28. The molecule has 0 bridgehead atoms. The lowest BCUT2D eigenvalue weighted by atomic mass is 9.71. The lowest BCUT2D eigenvalue weighted by Crippen LogP contribution is -2.75. The van der Waals surface area contributed by atoms with Crippen molar-refractivity contribution in [3.8, 4) is 52.0 Å². The number of amides is 3. The summed E-state index contributed by atoms with van der Waals surface area (Å²) in [5.74, 6) is 3.31. The second-order valence-corrected chi connectivity index (χ2v) is 41.0. The molecule has 31 nitrogen and oxygen atoms in total. The van der Waals surface area contributed by atoms with Crippen LogP contribution < -0.4 is 29.4 Å². The third-order valence-corrected chi connectivity index (χ3v) is 31.2. The van der Waals surface area contributed by atoms with E-state index in [9.17, 15) is 35.3 Å². The third-order valence-electron chi connectivity index (χ3n) is 28.0. The van der Waals surface area contributed by atoms with Gasteiger partial charge < -0.3 is 63.4 Å². The SMILES string of the molecule is Cc1ccc(-c2nc(N(C)c3c4cc(N5CC6(CN(C(=O)C7(O)CCOCC7)C6)C5)cnc4nn3C3CC3)sc2C#N)cc1.Cc1ccc(-c2nc(N(C)c3c4cc(N5CC6(CN(C(=O)[C@H]7CCOC7)C6)C5)c(C)nc4nn3C3CC3)sc2C#N)cc1.Cc1ccc(-c2nc(N(C)c3c4cc(N5CC6(CN(C(=O)[C@H]7CCOC7)C6)C5)cnc4nn3C3CC3)sc2C#N)cc1. The van der Waals surface area contributed by atoms with Crippen LogP contribution in [0.25, 0.3) is 66.9 Å². The Kier molecular flexibility index (Phi) is 20.5. The van der Waals surface area contributed by atoms with Gasteiger partial charge in [0.1, 0.15) is 73.0 Å².